The van der Waals surface area contributed by atoms with E-state index in [9.17, 15) is 0 Å². The third-order valence-electron chi connectivity index (χ3n) is 2.67. The highest BCUT2D eigenvalue weighted by molar-refractivity contribution is 9.10. The van der Waals surface area contributed by atoms with Crippen LogP contribution in [0.5, 0.6) is 0 Å². The summed E-state index contributed by atoms with van der Waals surface area (Å²) < 4.78 is 2.86. The zero-order valence-corrected chi connectivity index (χ0v) is 9.58. The Morgan fingerprint density at radius 1 is 1.62 bits per heavy atom. The summed E-state index contributed by atoms with van der Waals surface area (Å²) in [6.07, 6.45) is 2.59. The summed E-state index contributed by atoms with van der Waals surface area (Å²) in [4.78, 5) is 2.41. The lowest BCUT2D eigenvalue weighted by Crippen LogP contribution is -2.28. The average molecular weight is 244 g/mol. The zero-order chi connectivity index (χ0) is 9.42. The van der Waals surface area contributed by atoms with Crippen molar-refractivity contribution in [2.75, 3.05) is 11.4 Å². The lowest BCUT2D eigenvalue weighted by molar-refractivity contribution is 0.679. The van der Waals surface area contributed by atoms with Crippen molar-refractivity contribution in [3.05, 3.63) is 10.7 Å². The van der Waals surface area contributed by atoms with Gasteiger partial charge >= 0.3 is 0 Å². The number of halogens is 1. The molecule has 1 aromatic heterocycles. The minimum atomic E-state index is 0.655. The van der Waals surface area contributed by atoms with Crippen molar-refractivity contribution in [3.63, 3.8) is 0 Å². The molecular formula is C9H14BrN3. The van der Waals surface area contributed by atoms with E-state index in [2.05, 4.69) is 38.9 Å². The van der Waals surface area contributed by atoms with Crippen LogP contribution in [-0.2, 0) is 7.05 Å². The van der Waals surface area contributed by atoms with E-state index in [4.69, 9.17) is 0 Å². The normalized spacial score (nSPS) is 22.7. The van der Waals surface area contributed by atoms with Crippen LogP contribution in [0.2, 0.25) is 0 Å². The Balaban J connectivity index is 2.28. The van der Waals surface area contributed by atoms with Crippen molar-refractivity contribution in [2.24, 2.45) is 7.05 Å². The van der Waals surface area contributed by atoms with Gasteiger partial charge in [-0.1, -0.05) is 0 Å². The van der Waals surface area contributed by atoms with Crippen molar-refractivity contribution < 1.29 is 0 Å². The highest BCUT2D eigenvalue weighted by atomic mass is 79.9. The predicted octanol–water partition coefficient (Wildman–Crippen LogP) is 2.17. The van der Waals surface area contributed by atoms with E-state index in [0.717, 1.165) is 11.1 Å². The Bertz CT molecular complexity index is 308. The first-order valence-corrected chi connectivity index (χ1v) is 5.44. The van der Waals surface area contributed by atoms with Crippen molar-refractivity contribution in [1.29, 1.82) is 0 Å². The van der Waals surface area contributed by atoms with E-state index in [1.165, 1.54) is 18.7 Å². The molecule has 4 heteroatoms. The summed E-state index contributed by atoms with van der Waals surface area (Å²) in [6.45, 7) is 3.43. The first-order chi connectivity index (χ1) is 6.18. The number of aromatic nitrogens is 2. The molecule has 1 fully saturated rings. The molecule has 0 radical (unpaired) electrons. The summed E-state index contributed by atoms with van der Waals surface area (Å²) in [5.41, 5.74) is 0. The monoisotopic (exact) mass is 243 g/mol. The lowest BCUT2D eigenvalue weighted by Gasteiger charge is -2.22. The zero-order valence-electron chi connectivity index (χ0n) is 8.00. The summed E-state index contributed by atoms with van der Waals surface area (Å²) in [7, 11) is 1.99. The molecule has 0 N–H and O–H groups in total. The van der Waals surface area contributed by atoms with Gasteiger partial charge < -0.3 is 4.90 Å². The molecule has 3 nitrogen and oxygen atoms in total. The van der Waals surface area contributed by atoms with Crippen LogP contribution < -0.4 is 4.90 Å². The van der Waals surface area contributed by atoms with Gasteiger partial charge in [-0.05, 0) is 35.7 Å². The smallest absolute Gasteiger partial charge is 0.130 e. The van der Waals surface area contributed by atoms with Crippen molar-refractivity contribution in [2.45, 2.75) is 25.8 Å². The Kier molecular flexibility index (Phi) is 2.32. The van der Waals surface area contributed by atoms with Gasteiger partial charge in [-0.25, -0.2) is 0 Å². The third kappa shape index (κ3) is 1.59. The van der Waals surface area contributed by atoms with Crippen LogP contribution in [0.1, 0.15) is 19.8 Å². The fourth-order valence-electron chi connectivity index (χ4n) is 1.97. The molecule has 1 aliphatic heterocycles. The molecule has 72 valence electrons. The van der Waals surface area contributed by atoms with Gasteiger partial charge in [-0.15, -0.1) is 0 Å². The fraction of sp³-hybridized carbons (Fsp3) is 0.667. The molecule has 0 aromatic carbocycles. The summed E-state index contributed by atoms with van der Waals surface area (Å²) in [6, 6.07) is 2.74. The second-order valence-electron chi connectivity index (χ2n) is 3.63. The molecule has 0 amide bonds. The van der Waals surface area contributed by atoms with Gasteiger partial charge in [0.2, 0.25) is 0 Å². The van der Waals surface area contributed by atoms with Gasteiger partial charge in [-0.2, -0.15) is 5.10 Å². The molecule has 13 heavy (non-hydrogen) atoms. The van der Waals surface area contributed by atoms with Crippen molar-refractivity contribution in [3.8, 4) is 0 Å². The number of hydrogen-bond acceptors (Lipinski definition) is 2. The molecule has 1 aliphatic rings. The molecule has 0 bridgehead atoms. The molecule has 0 saturated carbocycles. The number of anilines is 1. The van der Waals surface area contributed by atoms with Crippen LogP contribution in [0.15, 0.2) is 10.7 Å². The largest absolute Gasteiger partial charge is 0.354 e. The molecule has 1 atom stereocenters. The van der Waals surface area contributed by atoms with Crippen LogP contribution in [0.4, 0.5) is 5.82 Å². The SMILES string of the molecule is CC1CCCN1c1cc(Br)nn1C. The molecule has 1 unspecified atom stereocenters. The highest BCUT2D eigenvalue weighted by Gasteiger charge is 2.22. The van der Waals surface area contributed by atoms with E-state index in [-0.39, 0.29) is 0 Å². The predicted molar refractivity (Wildman–Crippen MR) is 57.0 cm³/mol. The van der Waals surface area contributed by atoms with E-state index in [1.807, 2.05) is 11.7 Å². The molecule has 0 spiro atoms. The Morgan fingerprint density at radius 2 is 2.38 bits per heavy atom. The van der Waals surface area contributed by atoms with Crippen LogP contribution in [0, 0.1) is 0 Å². The second kappa shape index (κ2) is 3.33. The van der Waals surface area contributed by atoms with Gasteiger partial charge in [0.05, 0.1) is 0 Å². The Hall–Kier alpha value is -0.510. The van der Waals surface area contributed by atoms with Crippen molar-refractivity contribution >= 4 is 21.7 Å². The Morgan fingerprint density at radius 3 is 2.85 bits per heavy atom. The van der Waals surface area contributed by atoms with E-state index < -0.39 is 0 Å². The fourth-order valence-corrected chi connectivity index (χ4v) is 2.41. The van der Waals surface area contributed by atoms with Gasteiger partial charge in [-0.3, -0.25) is 4.68 Å². The quantitative estimate of drug-likeness (QED) is 0.754. The average Bonchev–Trinajstić information content (AvgIpc) is 2.58. The maximum Gasteiger partial charge on any atom is 0.130 e. The minimum absolute atomic E-state index is 0.655. The highest BCUT2D eigenvalue weighted by Crippen LogP contribution is 2.26. The lowest BCUT2D eigenvalue weighted by atomic mass is 10.2. The maximum absolute atomic E-state index is 4.28. The third-order valence-corrected chi connectivity index (χ3v) is 3.06. The first-order valence-electron chi connectivity index (χ1n) is 4.64. The molecular weight excluding hydrogens is 230 g/mol. The summed E-state index contributed by atoms with van der Waals surface area (Å²) >= 11 is 3.39. The molecule has 2 rings (SSSR count). The van der Waals surface area contributed by atoms with Crippen LogP contribution >= 0.6 is 15.9 Å². The molecule has 0 aliphatic carbocycles. The van der Waals surface area contributed by atoms with Crippen molar-refractivity contribution in [1.82, 2.24) is 9.78 Å². The van der Waals surface area contributed by atoms with Gasteiger partial charge in [0.15, 0.2) is 0 Å². The summed E-state index contributed by atoms with van der Waals surface area (Å²) in [5.74, 6) is 1.22. The number of rotatable bonds is 1. The number of hydrogen-bond donors (Lipinski definition) is 0. The minimum Gasteiger partial charge on any atom is -0.354 e. The van der Waals surface area contributed by atoms with Crippen LogP contribution in [-0.4, -0.2) is 22.4 Å². The Labute approximate surface area is 86.8 Å². The van der Waals surface area contributed by atoms with Crippen LogP contribution in [0.3, 0.4) is 0 Å². The van der Waals surface area contributed by atoms with Crippen LogP contribution in [0.25, 0.3) is 0 Å². The number of nitrogens with zero attached hydrogens (tertiary/aromatic N) is 3. The van der Waals surface area contributed by atoms with Gasteiger partial charge in [0.25, 0.3) is 0 Å². The topological polar surface area (TPSA) is 21.1 Å². The second-order valence-corrected chi connectivity index (χ2v) is 4.45. The van der Waals surface area contributed by atoms with Gasteiger partial charge in [0.1, 0.15) is 10.4 Å². The maximum atomic E-state index is 4.28. The first kappa shape index (κ1) is 9.06. The van der Waals surface area contributed by atoms with E-state index >= 15 is 0 Å². The summed E-state index contributed by atoms with van der Waals surface area (Å²) in [5, 5.41) is 4.28. The molecule has 2 heterocycles. The molecule has 1 aromatic rings. The van der Waals surface area contributed by atoms with Gasteiger partial charge in [0, 0.05) is 25.7 Å². The molecule has 1 saturated heterocycles. The number of aryl methyl sites for hydroxylation is 1. The van der Waals surface area contributed by atoms with E-state index in [1.54, 1.807) is 0 Å². The standard InChI is InChI=1S/C9H14BrN3/c1-7-4-3-5-13(7)9-6-8(10)11-12(9)2/h6-7H,3-5H2,1-2H3. The van der Waals surface area contributed by atoms with E-state index in [0.29, 0.717) is 6.04 Å².